The van der Waals surface area contributed by atoms with E-state index in [-0.39, 0.29) is 12.1 Å². The number of para-hydroxylation sites is 1. The molecule has 1 aliphatic rings. The van der Waals surface area contributed by atoms with Gasteiger partial charge in [0.1, 0.15) is 17.5 Å². The lowest BCUT2D eigenvalue weighted by Crippen LogP contribution is -2.30. The van der Waals surface area contributed by atoms with Crippen LogP contribution in [0.5, 0.6) is 11.5 Å². The van der Waals surface area contributed by atoms with Gasteiger partial charge in [-0.2, -0.15) is 0 Å². The highest BCUT2D eigenvalue weighted by Crippen LogP contribution is 2.46. The number of aromatic nitrogens is 2. The third-order valence-electron chi connectivity index (χ3n) is 6.20. The lowest BCUT2D eigenvalue weighted by Gasteiger charge is -2.30. The van der Waals surface area contributed by atoms with E-state index in [1.165, 1.54) is 5.56 Å². The number of hydrogen-bond donors (Lipinski definition) is 1. The van der Waals surface area contributed by atoms with E-state index in [1.54, 1.807) is 14.2 Å². The van der Waals surface area contributed by atoms with Crippen molar-refractivity contribution < 1.29 is 9.47 Å². The highest BCUT2D eigenvalue weighted by atomic mass is 32.1. The molecule has 3 heterocycles. The Balaban J connectivity index is 1.72. The maximum atomic E-state index is 5.90. The molecule has 2 aromatic heterocycles. The zero-order valence-corrected chi connectivity index (χ0v) is 20.1. The number of benzene rings is 2. The maximum absolute atomic E-state index is 5.90. The lowest BCUT2D eigenvalue weighted by molar-refractivity contribution is 0.402. The normalized spacial score (nSPS) is 17.5. The summed E-state index contributed by atoms with van der Waals surface area (Å²) in [6.45, 7) is 2.12. The molecule has 0 bridgehead atoms. The second-order valence-corrected chi connectivity index (χ2v) is 8.51. The van der Waals surface area contributed by atoms with Gasteiger partial charge in [-0.25, -0.2) is 0 Å². The summed E-state index contributed by atoms with van der Waals surface area (Å²) in [5, 5.41) is 4.13. The first kappa shape index (κ1) is 22.0. The highest BCUT2D eigenvalue weighted by molar-refractivity contribution is 7.80. The number of pyridine rings is 1. The Bertz CT molecular complexity index is 1320. The fraction of sp³-hybridized carbons (Fsp3) is 0.185. The molecule has 0 radical (unpaired) electrons. The first-order valence-corrected chi connectivity index (χ1v) is 11.5. The monoisotopic (exact) mass is 470 g/mol. The van der Waals surface area contributed by atoms with Crippen LogP contribution in [0, 0.1) is 6.92 Å². The molecule has 1 aliphatic heterocycles. The zero-order chi connectivity index (χ0) is 23.7. The molecule has 172 valence electrons. The number of ether oxygens (including phenoxy) is 2. The predicted molar refractivity (Wildman–Crippen MR) is 138 cm³/mol. The second-order valence-electron chi connectivity index (χ2n) is 8.12. The van der Waals surface area contributed by atoms with Crippen LogP contribution in [-0.4, -0.2) is 28.9 Å². The van der Waals surface area contributed by atoms with Crippen LogP contribution in [0.1, 0.15) is 29.0 Å². The smallest absolute Gasteiger partial charge is 0.174 e. The molecule has 1 fully saturated rings. The molecule has 0 spiro atoms. The van der Waals surface area contributed by atoms with Crippen LogP contribution in [-0.2, 0) is 0 Å². The molecular formula is C27H26N4O2S. The largest absolute Gasteiger partial charge is 0.497 e. The van der Waals surface area contributed by atoms with Crippen molar-refractivity contribution in [3.63, 3.8) is 0 Å². The molecule has 2 unspecified atom stereocenters. The van der Waals surface area contributed by atoms with Crippen LogP contribution in [0.25, 0.3) is 5.69 Å². The molecule has 0 amide bonds. The van der Waals surface area contributed by atoms with E-state index in [0.717, 1.165) is 28.5 Å². The molecule has 0 aliphatic carbocycles. The summed E-state index contributed by atoms with van der Waals surface area (Å²) in [6.07, 6.45) is 3.90. The zero-order valence-electron chi connectivity index (χ0n) is 19.3. The molecule has 34 heavy (non-hydrogen) atoms. The van der Waals surface area contributed by atoms with Gasteiger partial charge in [0.05, 0.1) is 31.6 Å². The Labute approximate surface area is 204 Å². The fourth-order valence-electron chi connectivity index (χ4n) is 4.59. The van der Waals surface area contributed by atoms with Crippen molar-refractivity contribution in [3.05, 3.63) is 102 Å². The summed E-state index contributed by atoms with van der Waals surface area (Å²) >= 11 is 5.90. The van der Waals surface area contributed by atoms with Crippen LogP contribution in [0.2, 0.25) is 0 Å². The van der Waals surface area contributed by atoms with Gasteiger partial charge in [0.25, 0.3) is 0 Å². The highest BCUT2D eigenvalue weighted by Gasteiger charge is 2.43. The second kappa shape index (κ2) is 9.19. The molecule has 1 N–H and O–H groups in total. The predicted octanol–water partition coefficient (Wildman–Crippen LogP) is 5.38. The van der Waals surface area contributed by atoms with Gasteiger partial charge < -0.3 is 24.3 Å². The minimum Gasteiger partial charge on any atom is -0.497 e. The molecular weight excluding hydrogens is 444 g/mol. The Kier molecular flexibility index (Phi) is 5.94. The summed E-state index contributed by atoms with van der Waals surface area (Å²) in [6, 6.07) is 23.9. The van der Waals surface area contributed by atoms with Crippen LogP contribution < -0.4 is 19.7 Å². The number of nitrogens with zero attached hydrogens (tertiary/aromatic N) is 3. The van der Waals surface area contributed by atoms with E-state index in [2.05, 4.69) is 69.3 Å². The first-order chi connectivity index (χ1) is 16.6. The Morgan fingerprint density at radius 1 is 0.912 bits per heavy atom. The number of nitrogens with one attached hydrogen (secondary N) is 1. The lowest BCUT2D eigenvalue weighted by atomic mass is 10.00. The van der Waals surface area contributed by atoms with Crippen molar-refractivity contribution in [1.82, 2.24) is 14.9 Å². The topological polar surface area (TPSA) is 51.6 Å². The molecule has 0 saturated carbocycles. The van der Waals surface area contributed by atoms with Crippen molar-refractivity contribution in [3.8, 4) is 17.2 Å². The van der Waals surface area contributed by atoms with E-state index in [9.17, 15) is 0 Å². The molecule has 2 atom stereocenters. The number of hydrogen-bond acceptors (Lipinski definition) is 4. The summed E-state index contributed by atoms with van der Waals surface area (Å²) < 4.78 is 13.5. The number of anilines is 1. The van der Waals surface area contributed by atoms with Crippen LogP contribution >= 0.6 is 12.2 Å². The Morgan fingerprint density at radius 2 is 1.74 bits per heavy atom. The minimum absolute atomic E-state index is 0.165. The third kappa shape index (κ3) is 3.78. The first-order valence-electron chi connectivity index (χ1n) is 11.1. The van der Waals surface area contributed by atoms with Crippen LogP contribution in [0.3, 0.4) is 0 Å². The van der Waals surface area contributed by atoms with Crippen molar-refractivity contribution in [2.45, 2.75) is 19.0 Å². The van der Waals surface area contributed by atoms with Gasteiger partial charge in [-0.05, 0) is 67.2 Å². The quantitative estimate of drug-likeness (QED) is 0.382. The SMILES string of the molecule is COc1ccc(OC)c(N2C(=S)NC(c3ccccn3)C2c2cccn2-c2ccccc2C)c1. The number of aryl methyl sites for hydroxylation is 1. The average molecular weight is 471 g/mol. The average Bonchev–Trinajstić information content (AvgIpc) is 3.48. The van der Waals surface area contributed by atoms with E-state index in [4.69, 9.17) is 21.7 Å². The van der Waals surface area contributed by atoms with Gasteiger partial charge >= 0.3 is 0 Å². The fourth-order valence-corrected chi connectivity index (χ4v) is 4.93. The summed E-state index contributed by atoms with van der Waals surface area (Å²) in [5.74, 6) is 1.44. The standard InChI is InChI=1S/C27H26N4O2S/c1-18-9-4-5-11-21(18)30-16-8-12-22(30)26-25(20-10-6-7-15-28-20)29-27(34)31(26)23-17-19(32-2)13-14-24(23)33-3/h4-17,25-26H,1-3H3,(H,29,34). The third-order valence-corrected chi connectivity index (χ3v) is 6.52. The van der Waals surface area contributed by atoms with Gasteiger partial charge in [0.15, 0.2) is 5.11 Å². The molecule has 7 heteroatoms. The van der Waals surface area contributed by atoms with E-state index < -0.39 is 0 Å². The maximum Gasteiger partial charge on any atom is 0.174 e. The van der Waals surface area contributed by atoms with Crippen molar-refractivity contribution in [2.24, 2.45) is 0 Å². The Morgan fingerprint density at radius 3 is 2.47 bits per heavy atom. The number of rotatable bonds is 6. The molecule has 4 aromatic rings. The summed E-state index contributed by atoms with van der Waals surface area (Å²) in [5.41, 5.74) is 5.14. The van der Waals surface area contributed by atoms with Crippen molar-refractivity contribution in [2.75, 3.05) is 19.1 Å². The van der Waals surface area contributed by atoms with Crippen molar-refractivity contribution in [1.29, 1.82) is 0 Å². The number of methoxy groups -OCH3 is 2. The summed E-state index contributed by atoms with van der Waals surface area (Å²) in [7, 11) is 3.32. The molecule has 2 aromatic carbocycles. The molecule has 6 nitrogen and oxygen atoms in total. The Hall–Kier alpha value is -3.84. The molecule has 5 rings (SSSR count). The van der Waals surface area contributed by atoms with E-state index in [1.807, 2.05) is 42.6 Å². The van der Waals surface area contributed by atoms with Crippen LogP contribution in [0.15, 0.2) is 85.2 Å². The van der Waals surface area contributed by atoms with Gasteiger partial charge in [-0.3, -0.25) is 4.98 Å². The minimum atomic E-state index is -0.182. The number of thiocarbonyl (C=S) groups is 1. The van der Waals surface area contributed by atoms with Crippen molar-refractivity contribution >= 4 is 23.0 Å². The van der Waals surface area contributed by atoms with E-state index >= 15 is 0 Å². The summed E-state index contributed by atoms with van der Waals surface area (Å²) in [4.78, 5) is 6.78. The molecule has 1 saturated heterocycles. The van der Waals surface area contributed by atoms with Crippen LogP contribution in [0.4, 0.5) is 5.69 Å². The van der Waals surface area contributed by atoms with Gasteiger partial charge in [0.2, 0.25) is 0 Å². The van der Waals surface area contributed by atoms with Gasteiger partial charge in [-0.15, -0.1) is 0 Å². The van der Waals surface area contributed by atoms with Gasteiger partial charge in [0, 0.05) is 29.8 Å². The van der Waals surface area contributed by atoms with Gasteiger partial charge in [-0.1, -0.05) is 24.3 Å². The van der Waals surface area contributed by atoms with E-state index in [0.29, 0.717) is 10.9 Å².